The van der Waals surface area contributed by atoms with E-state index in [-0.39, 0.29) is 4.90 Å². The van der Waals surface area contributed by atoms with Gasteiger partial charge >= 0.3 is 0 Å². The molecule has 0 amide bonds. The van der Waals surface area contributed by atoms with E-state index in [2.05, 4.69) is 0 Å². The molecule has 0 atom stereocenters. The van der Waals surface area contributed by atoms with Gasteiger partial charge in [-0.1, -0.05) is 18.0 Å². The van der Waals surface area contributed by atoms with Crippen LogP contribution in [0, 0.1) is 6.92 Å². The van der Waals surface area contributed by atoms with Crippen LogP contribution in [0.2, 0.25) is 5.02 Å². The molecule has 1 fully saturated rings. The standard InChI is InChI=1S/C14H20ClNO3S/c1-3-19-13-9-11(2)14(10-12(13)15)20(17,18)16-7-5-4-6-8-16/h9-10H,3-8H2,1-2H3. The molecule has 112 valence electrons. The van der Waals surface area contributed by atoms with Crippen molar-refractivity contribution < 1.29 is 13.2 Å². The molecule has 0 bridgehead atoms. The summed E-state index contributed by atoms with van der Waals surface area (Å²) in [5.41, 5.74) is 0.670. The van der Waals surface area contributed by atoms with Gasteiger partial charge < -0.3 is 4.74 Å². The Hall–Kier alpha value is -0.780. The number of nitrogens with zero attached hydrogens (tertiary/aromatic N) is 1. The lowest BCUT2D eigenvalue weighted by Crippen LogP contribution is -2.35. The zero-order valence-corrected chi connectivity index (χ0v) is 13.4. The SMILES string of the molecule is CCOc1cc(C)c(S(=O)(=O)N2CCCCC2)cc1Cl. The molecule has 1 aromatic carbocycles. The molecule has 1 aliphatic heterocycles. The first-order valence-corrected chi connectivity index (χ1v) is 8.71. The third-order valence-electron chi connectivity index (χ3n) is 3.46. The van der Waals surface area contributed by atoms with Crippen LogP contribution >= 0.6 is 11.6 Å². The predicted octanol–water partition coefficient (Wildman–Crippen LogP) is 3.22. The number of sulfonamides is 1. The Morgan fingerprint density at radius 3 is 2.50 bits per heavy atom. The van der Waals surface area contributed by atoms with Crippen LogP contribution in [-0.4, -0.2) is 32.4 Å². The van der Waals surface area contributed by atoms with Crippen LogP contribution in [0.3, 0.4) is 0 Å². The molecule has 1 heterocycles. The zero-order valence-electron chi connectivity index (χ0n) is 11.9. The van der Waals surface area contributed by atoms with E-state index < -0.39 is 10.0 Å². The second-order valence-electron chi connectivity index (χ2n) is 4.95. The van der Waals surface area contributed by atoms with Crippen molar-refractivity contribution in [1.29, 1.82) is 0 Å². The summed E-state index contributed by atoms with van der Waals surface area (Å²) in [5, 5.41) is 0.341. The van der Waals surface area contributed by atoms with E-state index in [9.17, 15) is 8.42 Å². The van der Waals surface area contributed by atoms with Gasteiger partial charge in [0.2, 0.25) is 10.0 Å². The summed E-state index contributed by atoms with van der Waals surface area (Å²) >= 11 is 6.12. The highest BCUT2D eigenvalue weighted by Gasteiger charge is 2.28. The van der Waals surface area contributed by atoms with Crippen molar-refractivity contribution in [2.45, 2.75) is 38.0 Å². The van der Waals surface area contributed by atoms with E-state index in [1.807, 2.05) is 6.92 Å². The Balaban J connectivity index is 2.38. The maximum atomic E-state index is 12.7. The minimum atomic E-state index is -3.45. The Morgan fingerprint density at radius 1 is 1.25 bits per heavy atom. The van der Waals surface area contributed by atoms with Crippen molar-refractivity contribution in [2.24, 2.45) is 0 Å². The van der Waals surface area contributed by atoms with Crippen LogP contribution in [0.25, 0.3) is 0 Å². The molecule has 0 aliphatic carbocycles. The number of benzene rings is 1. The van der Waals surface area contributed by atoms with E-state index >= 15 is 0 Å². The number of rotatable bonds is 4. The van der Waals surface area contributed by atoms with Crippen LogP contribution in [0.4, 0.5) is 0 Å². The summed E-state index contributed by atoms with van der Waals surface area (Å²) in [5.74, 6) is 0.532. The van der Waals surface area contributed by atoms with Crippen molar-refractivity contribution in [3.8, 4) is 5.75 Å². The summed E-state index contributed by atoms with van der Waals surface area (Å²) in [6.07, 6.45) is 2.93. The van der Waals surface area contributed by atoms with Gasteiger partial charge in [-0.25, -0.2) is 8.42 Å². The molecule has 1 saturated heterocycles. The monoisotopic (exact) mass is 317 g/mol. The molecule has 1 aliphatic rings. The summed E-state index contributed by atoms with van der Waals surface area (Å²) in [6.45, 7) is 5.32. The average Bonchev–Trinajstić information content (AvgIpc) is 2.43. The van der Waals surface area contributed by atoms with Crippen molar-refractivity contribution in [1.82, 2.24) is 4.31 Å². The summed E-state index contributed by atoms with van der Waals surface area (Å²) in [6, 6.07) is 3.20. The first-order valence-electron chi connectivity index (χ1n) is 6.90. The topological polar surface area (TPSA) is 46.6 Å². The number of hydrogen-bond donors (Lipinski definition) is 0. The lowest BCUT2D eigenvalue weighted by atomic mass is 10.2. The quantitative estimate of drug-likeness (QED) is 0.856. The normalized spacial score (nSPS) is 17.1. The molecule has 0 aromatic heterocycles. The molecule has 0 radical (unpaired) electrons. The van der Waals surface area contributed by atoms with Crippen molar-refractivity contribution in [3.05, 3.63) is 22.7 Å². The van der Waals surface area contributed by atoms with Gasteiger partial charge in [-0.15, -0.1) is 0 Å². The molecule has 1 aromatic rings. The molecular formula is C14H20ClNO3S. The Bertz CT molecular complexity index is 580. The Kier molecular flexibility index (Phi) is 4.94. The van der Waals surface area contributed by atoms with Crippen molar-refractivity contribution >= 4 is 21.6 Å². The van der Waals surface area contributed by atoms with Crippen LogP contribution in [0.1, 0.15) is 31.7 Å². The van der Waals surface area contributed by atoms with Crippen LogP contribution < -0.4 is 4.74 Å². The third kappa shape index (κ3) is 3.10. The van der Waals surface area contributed by atoms with Gasteiger partial charge in [0, 0.05) is 13.1 Å². The highest BCUT2D eigenvalue weighted by atomic mass is 35.5. The maximum Gasteiger partial charge on any atom is 0.243 e. The fourth-order valence-electron chi connectivity index (χ4n) is 2.43. The highest BCUT2D eigenvalue weighted by molar-refractivity contribution is 7.89. The molecule has 4 nitrogen and oxygen atoms in total. The lowest BCUT2D eigenvalue weighted by molar-refractivity contribution is 0.339. The van der Waals surface area contributed by atoms with Gasteiger partial charge in [0.1, 0.15) is 5.75 Å². The molecule has 0 spiro atoms. The van der Waals surface area contributed by atoms with E-state index in [1.54, 1.807) is 17.3 Å². The van der Waals surface area contributed by atoms with Crippen molar-refractivity contribution in [3.63, 3.8) is 0 Å². The molecule has 20 heavy (non-hydrogen) atoms. The Morgan fingerprint density at radius 2 is 1.90 bits per heavy atom. The number of hydrogen-bond acceptors (Lipinski definition) is 3. The van der Waals surface area contributed by atoms with Gasteiger partial charge in [-0.2, -0.15) is 4.31 Å². The third-order valence-corrected chi connectivity index (χ3v) is 5.80. The number of ether oxygens (including phenoxy) is 1. The molecule has 2 rings (SSSR count). The van der Waals surface area contributed by atoms with Gasteiger partial charge in [-0.05, 0) is 44.4 Å². The largest absolute Gasteiger partial charge is 0.492 e. The second-order valence-corrected chi connectivity index (χ2v) is 7.26. The first-order chi connectivity index (χ1) is 9.46. The van der Waals surface area contributed by atoms with E-state index in [0.29, 0.717) is 36.0 Å². The van der Waals surface area contributed by atoms with Gasteiger partial charge in [0.05, 0.1) is 16.5 Å². The minimum Gasteiger partial charge on any atom is -0.492 e. The first kappa shape index (κ1) is 15.6. The number of aryl methyl sites for hydroxylation is 1. The smallest absolute Gasteiger partial charge is 0.243 e. The van der Waals surface area contributed by atoms with Crippen molar-refractivity contribution in [2.75, 3.05) is 19.7 Å². The maximum absolute atomic E-state index is 12.7. The predicted molar refractivity (Wildman–Crippen MR) is 80.0 cm³/mol. The number of piperidine rings is 1. The molecule has 6 heteroatoms. The van der Waals surface area contributed by atoms with Gasteiger partial charge in [0.15, 0.2) is 0 Å². The molecule has 0 saturated carbocycles. The Labute approximate surface area is 125 Å². The average molecular weight is 318 g/mol. The van der Waals surface area contributed by atoms with Crippen LogP contribution in [0.5, 0.6) is 5.75 Å². The molecular weight excluding hydrogens is 298 g/mol. The van der Waals surface area contributed by atoms with E-state index in [4.69, 9.17) is 16.3 Å². The summed E-state index contributed by atoms with van der Waals surface area (Å²) in [7, 11) is -3.45. The zero-order chi connectivity index (χ0) is 14.8. The molecule has 0 unspecified atom stereocenters. The second kappa shape index (κ2) is 6.33. The number of halogens is 1. The van der Waals surface area contributed by atoms with Crippen LogP contribution in [-0.2, 0) is 10.0 Å². The van der Waals surface area contributed by atoms with E-state index in [1.165, 1.54) is 6.07 Å². The fourth-order valence-corrected chi connectivity index (χ4v) is 4.46. The lowest BCUT2D eigenvalue weighted by Gasteiger charge is -2.26. The minimum absolute atomic E-state index is 0.285. The van der Waals surface area contributed by atoms with Gasteiger partial charge in [0.25, 0.3) is 0 Å². The summed E-state index contributed by atoms with van der Waals surface area (Å²) in [4.78, 5) is 0.285. The van der Waals surface area contributed by atoms with Crippen LogP contribution in [0.15, 0.2) is 17.0 Å². The fraction of sp³-hybridized carbons (Fsp3) is 0.571. The summed E-state index contributed by atoms with van der Waals surface area (Å²) < 4.78 is 32.3. The highest BCUT2D eigenvalue weighted by Crippen LogP contribution is 2.32. The molecule has 0 N–H and O–H groups in total. The van der Waals surface area contributed by atoms with Gasteiger partial charge in [-0.3, -0.25) is 0 Å². The van der Waals surface area contributed by atoms with E-state index in [0.717, 1.165) is 19.3 Å².